The summed E-state index contributed by atoms with van der Waals surface area (Å²) in [6.45, 7) is 2.51. The molecule has 2 heterocycles. The minimum Gasteiger partial charge on any atom is -0.431 e. The molecule has 0 radical (unpaired) electrons. The van der Waals surface area contributed by atoms with E-state index in [0.29, 0.717) is 48.4 Å². The van der Waals surface area contributed by atoms with Crippen molar-refractivity contribution in [1.29, 1.82) is 0 Å². The molecule has 216 valence electrons. The number of hydrogen-bond acceptors (Lipinski definition) is 6. The van der Waals surface area contributed by atoms with Gasteiger partial charge in [-0.1, -0.05) is 72.4 Å². The van der Waals surface area contributed by atoms with Crippen LogP contribution in [0.5, 0.6) is 0 Å². The van der Waals surface area contributed by atoms with Gasteiger partial charge in [0.15, 0.2) is 5.76 Å². The molecule has 4 aromatic carbocycles. The van der Waals surface area contributed by atoms with Crippen LogP contribution in [0.1, 0.15) is 10.4 Å². The predicted octanol–water partition coefficient (Wildman–Crippen LogP) is 6.84. The summed E-state index contributed by atoms with van der Waals surface area (Å²) in [6, 6.07) is 33.0. The van der Waals surface area contributed by atoms with Gasteiger partial charge in [-0.05, 0) is 48.5 Å². The fourth-order valence-corrected chi connectivity index (χ4v) is 5.59. The van der Waals surface area contributed by atoms with E-state index in [9.17, 15) is 14.0 Å². The average Bonchev–Trinajstić information content (AvgIpc) is 3.50. The Balaban J connectivity index is 1.03. The lowest BCUT2D eigenvalue weighted by Gasteiger charge is -2.36. The highest BCUT2D eigenvalue weighted by Crippen LogP contribution is 2.35. The Bertz CT molecular complexity index is 1630. The second kappa shape index (κ2) is 13.0. The Hall–Kier alpha value is -4.89. The Morgan fingerprint density at radius 1 is 0.791 bits per heavy atom. The molecular weight excluding hydrogens is 563 g/mol. The van der Waals surface area contributed by atoms with Gasteiger partial charge in [0, 0.05) is 54.2 Å². The van der Waals surface area contributed by atoms with Crippen molar-refractivity contribution in [1.82, 2.24) is 9.88 Å². The monoisotopic (exact) mass is 592 g/mol. The summed E-state index contributed by atoms with van der Waals surface area (Å²) in [5, 5.41) is 3.37. The van der Waals surface area contributed by atoms with E-state index in [1.165, 1.54) is 36.0 Å². The number of carbonyl (C=O) groups excluding carboxylic acids is 2. The molecule has 0 bridgehead atoms. The maximum Gasteiger partial charge on any atom is 0.257 e. The van der Waals surface area contributed by atoms with Crippen LogP contribution in [-0.2, 0) is 4.79 Å². The van der Waals surface area contributed by atoms with Crippen molar-refractivity contribution in [2.45, 2.75) is 5.22 Å². The van der Waals surface area contributed by atoms with Gasteiger partial charge in [-0.25, -0.2) is 9.37 Å². The number of halogens is 1. The van der Waals surface area contributed by atoms with Crippen molar-refractivity contribution in [2.75, 3.05) is 42.1 Å². The van der Waals surface area contributed by atoms with Crippen molar-refractivity contribution in [3.05, 3.63) is 121 Å². The molecular formula is C34H29FN4O3S. The summed E-state index contributed by atoms with van der Waals surface area (Å²) < 4.78 is 19.3. The Labute approximate surface area is 253 Å². The molecule has 0 atom stereocenters. The third kappa shape index (κ3) is 6.79. The molecule has 0 spiro atoms. The highest BCUT2D eigenvalue weighted by Gasteiger charge is 2.23. The van der Waals surface area contributed by atoms with E-state index in [4.69, 9.17) is 9.40 Å². The number of carbonyl (C=O) groups is 2. The molecule has 5 aromatic rings. The first-order chi connectivity index (χ1) is 21.0. The van der Waals surface area contributed by atoms with Crippen LogP contribution in [0, 0.1) is 5.82 Å². The number of hydrogen-bond donors (Lipinski definition) is 1. The molecule has 1 fully saturated rings. The van der Waals surface area contributed by atoms with E-state index >= 15 is 0 Å². The van der Waals surface area contributed by atoms with Crippen LogP contribution < -0.4 is 10.2 Å². The third-order valence-corrected chi connectivity index (χ3v) is 8.02. The molecule has 7 nitrogen and oxygen atoms in total. The summed E-state index contributed by atoms with van der Waals surface area (Å²) in [4.78, 5) is 34.2. The molecule has 1 aromatic heterocycles. The Kier molecular flexibility index (Phi) is 8.51. The zero-order valence-corrected chi connectivity index (χ0v) is 24.1. The van der Waals surface area contributed by atoms with Gasteiger partial charge in [-0.3, -0.25) is 9.59 Å². The largest absolute Gasteiger partial charge is 0.431 e. The molecule has 9 heteroatoms. The first-order valence-corrected chi connectivity index (χ1v) is 15.0. The second-order valence-electron chi connectivity index (χ2n) is 10.1. The number of nitrogens with one attached hydrogen (secondary N) is 1. The van der Waals surface area contributed by atoms with Crippen LogP contribution in [0.2, 0.25) is 0 Å². The summed E-state index contributed by atoms with van der Waals surface area (Å²) in [7, 11) is 0. The summed E-state index contributed by atoms with van der Waals surface area (Å²) in [5.74, 6) is 0.212. The number of oxazole rings is 1. The van der Waals surface area contributed by atoms with Gasteiger partial charge in [-0.15, -0.1) is 0 Å². The second-order valence-corrected chi connectivity index (χ2v) is 11.0. The lowest BCUT2D eigenvalue weighted by atomic mass is 10.1. The van der Waals surface area contributed by atoms with Gasteiger partial charge in [0.05, 0.1) is 5.75 Å². The van der Waals surface area contributed by atoms with Crippen LogP contribution in [0.4, 0.5) is 15.8 Å². The van der Waals surface area contributed by atoms with Crippen molar-refractivity contribution in [2.24, 2.45) is 0 Å². The number of benzene rings is 4. The van der Waals surface area contributed by atoms with E-state index < -0.39 is 0 Å². The smallest absolute Gasteiger partial charge is 0.257 e. The summed E-state index contributed by atoms with van der Waals surface area (Å²) >= 11 is 1.25. The van der Waals surface area contributed by atoms with Gasteiger partial charge >= 0.3 is 0 Å². The molecule has 0 unspecified atom stereocenters. The van der Waals surface area contributed by atoms with Crippen LogP contribution in [0.3, 0.4) is 0 Å². The lowest BCUT2D eigenvalue weighted by molar-refractivity contribution is -0.113. The summed E-state index contributed by atoms with van der Waals surface area (Å²) in [5.41, 5.74) is 4.81. The van der Waals surface area contributed by atoms with Crippen molar-refractivity contribution < 1.29 is 18.4 Å². The van der Waals surface area contributed by atoms with Crippen molar-refractivity contribution in [3.8, 4) is 22.6 Å². The van der Waals surface area contributed by atoms with Gasteiger partial charge in [0.2, 0.25) is 5.91 Å². The van der Waals surface area contributed by atoms with E-state index in [2.05, 4.69) is 10.2 Å². The standard InChI is InChI=1S/C34H29FN4O3S/c35-27-13-11-26(12-14-27)33(41)39-21-19-38(20-22-39)29-17-15-28(16-18-29)36-30(40)23-43-34-37-31(24-7-3-1-4-8-24)32(42-34)25-9-5-2-6-10-25/h1-18H,19-23H2,(H,36,40). The normalized spacial score (nSPS) is 13.1. The number of thioether (sulfide) groups is 1. The van der Waals surface area contributed by atoms with Gasteiger partial charge < -0.3 is 19.5 Å². The SMILES string of the molecule is O=C(CSc1nc(-c2ccccc2)c(-c2ccccc2)o1)Nc1ccc(N2CCN(C(=O)c3ccc(F)cc3)CC2)cc1. The van der Waals surface area contributed by atoms with Crippen molar-refractivity contribution in [3.63, 3.8) is 0 Å². The lowest BCUT2D eigenvalue weighted by Crippen LogP contribution is -2.48. The number of amides is 2. The van der Waals surface area contributed by atoms with Crippen LogP contribution in [0.15, 0.2) is 119 Å². The predicted molar refractivity (Wildman–Crippen MR) is 168 cm³/mol. The molecule has 1 saturated heterocycles. The van der Waals surface area contributed by atoms with E-state index in [1.807, 2.05) is 84.9 Å². The minimum absolute atomic E-state index is 0.0899. The highest BCUT2D eigenvalue weighted by molar-refractivity contribution is 7.99. The zero-order chi connectivity index (χ0) is 29.6. The number of piperazine rings is 1. The van der Waals surface area contributed by atoms with Gasteiger partial charge in [0.1, 0.15) is 11.5 Å². The molecule has 43 heavy (non-hydrogen) atoms. The first kappa shape index (κ1) is 28.2. The molecule has 1 aliphatic rings. The van der Waals surface area contributed by atoms with Crippen LogP contribution in [0.25, 0.3) is 22.6 Å². The average molecular weight is 593 g/mol. The Morgan fingerprint density at radius 3 is 2.07 bits per heavy atom. The van der Waals surface area contributed by atoms with E-state index in [1.54, 1.807) is 4.90 Å². The quantitative estimate of drug-likeness (QED) is 0.199. The third-order valence-electron chi connectivity index (χ3n) is 7.19. The molecule has 0 aliphatic carbocycles. The molecule has 1 aliphatic heterocycles. The fourth-order valence-electron chi connectivity index (χ4n) is 4.96. The molecule has 0 saturated carbocycles. The molecule has 2 amide bonds. The van der Waals surface area contributed by atoms with E-state index in [0.717, 1.165) is 22.5 Å². The summed E-state index contributed by atoms with van der Waals surface area (Å²) in [6.07, 6.45) is 0. The van der Waals surface area contributed by atoms with Gasteiger partial charge in [0.25, 0.3) is 11.1 Å². The number of nitrogens with zero attached hydrogens (tertiary/aromatic N) is 3. The zero-order valence-electron chi connectivity index (χ0n) is 23.3. The topological polar surface area (TPSA) is 78.7 Å². The van der Waals surface area contributed by atoms with Crippen LogP contribution >= 0.6 is 11.8 Å². The first-order valence-electron chi connectivity index (χ1n) is 14.0. The maximum absolute atomic E-state index is 13.2. The van der Waals surface area contributed by atoms with E-state index in [-0.39, 0.29) is 23.4 Å². The number of aromatic nitrogens is 1. The number of rotatable bonds is 8. The Morgan fingerprint density at radius 2 is 1.42 bits per heavy atom. The van der Waals surface area contributed by atoms with Crippen molar-refractivity contribution >= 4 is 35.0 Å². The fraction of sp³-hybridized carbons (Fsp3) is 0.147. The molecule has 1 N–H and O–H groups in total. The van der Waals surface area contributed by atoms with Crippen LogP contribution in [-0.4, -0.2) is 53.6 Å². The minimum atomic E-state index is -0.357. The number of anilines is 2. The maximum atomic E-state index is 13.2. The van der Waals surface area contributed by atoms with Gasteiger partial charge in [-0.2, -0.15) is 0 Å². The molecule has 6 rings (SSSR count). The highest BCUT2D eigenvalue weighted by atomic mass is 32.2.